The third-order valence-electron chi connectivity index (χ3n) is 4.22. The molecule has 6 heteroatoms. The molecule has 0 aliphatic carbocycles. The second-order valence-corrected chi connectivity index (χ2v) is 8.12. The monoisotopic (exact) mass is 289 g/mol. The number of hydrogen-bond acceptors (Lipinski definition) is 3. The van der Waals surface area contributed by atoms with E-state index in [2.05, 4.69) is 19.2 Å². The maximum atomic E-state index is 12.8. The van der Waals surface area contributed by atoms with Crippen molar-refractivity contribution in [2.75, 3.05) is 33.2 Å². The van der Waals surface area contributed by atoms with Gasteiger partial charge in [-0.3, -0.25) is 0 Å². The molecule has 3 atom stereocenters. The van der Waals surface area contributed by atoms with Gasteiger partial charge in [0.05, 0.1) is 0 Å². The van der Waals surface area contributed by atoms with Gasteiger partial charge in [-0.15, -0.1) is 0 Å². The molecule has 2 fully saturated rings. The van der Waals surface area contributed by atoms with Crippen LogP contribution in [0.2, 0.25) is 0 Å². The van der Waals surface area contributed by atoms with Crippen molar-refractivity contribution < 1.29 is 8.42 Å². The SMILES string of the molecule is CNCC1CCCN1S(=O)(=O)N1CC(C)CC(C)C1. The predicted molar refractivity (Wildman–Crippen MR) is 77.1 cm³/mol. The number of likely N-dealkylation sites (N-methyl/N-ethyl adjacent to an activating group) is 1. The summed E-state index contributed by atoms with van der Waals surface area (Å²) in [5.74, 6) is 0.924. The van der Waals surface area contributed by atoms with Crippen LogP contribution in [-0.2, 0) is 10.2 Å². The smallest absolute Gasteiger partial charge is 0.282 e. The van der Waals surface area contributed by atoms with Crippen LogP contribution in [-0.4, -0.2) is 56.3 Å². The van der Waals surface area contributed by atoms with Gasteiger partial charge in [-0.25, -0.2) is 0 Å². The Labute approximate surface area is 117 Å². The fourth-order valence-electron chi connectivity index (χ4n) is 3.50. The molecule has 2 heterocycles. The zero-order chi connectivity index (χ0) is 14.0. The fourth-order valence-corrected chi connectivity index (χ4v) is 5.59. The lowest BCUT2D eigenvalue weighted by atomic mass is 9.94. The summed E-state index contributed by atoms with van der Waals surface area (Å²) in [6.07, 6.45) is 3.08. The van der Waals surface area contributed by atoms with Crippen LogP contribution in [0.5, 0.6) is 0 Å². The number of nitrogens with one attached hydrogen (secondary N) is 1. The van der Waals surface area contributed by atoms with Crippen LogP contribution >= 0.6 is 0 Å². The van der Waals surface area contributed by atoms with Crippen LogP contribution in [0.4, 0.5) is 0 Å². The van der Waals surface area contributed by atoms with Crippen LogP contribution in [0.15, 0.2) is 0 Å². The molecule has 0 radical (unpaired) electrons. The number of hydrogen-bond donors (Lipinski definition) is 1. The lowest BCUT2D eigenvalue weighted by molar-refractivity contribution is 0.206. The molecule has 3 unspecified atom stereocenters. The second-order valence-electron chi connectivity index (χ2n) is 6.24. The van der Waals surface area contributed by atoms with E-state index < -0.39 is 10.2 Å². The molecular weight excluding hydrogens is 262 g/mol. The molecule has 0 bridgehead atoms. The minimum atomic E-state index is -3.27. The summed E-state index contributed by atoms with van der Waals surface area (Å²) in [6.45, 7) is 7.07. The molecule has 2 rings (SSSR count). The van der Waals surface area contributed by atoms with Gasteiger partial charge in [0, 0.05) is 32.2 Å². The highest BCUT2D eigenvalue weighted by molar-refractivity contribution is 7.86. The molecule has 0 saturated carbocycles. The topological polar surface area (TPSA) is 52.7 Å². The van der Waals surface area contributed by atoms with Gasteiger partial charge in [0.25, 0.3) is 10.2 Å². The van der Waals surface area contributed by atoms with E-state index in [4.69, 9.17) is 0 Å². The Bertz CT molecular complexity index is 389. The number of nitrogens with zero attached hydrogens (tertiary/aromatic N) is 2. The van der Waals surface area contributed by atoms with Crippen molar-refractivity contribution in [1.29, 1.82) is 0 Å². The average Bonchev–Trinajstić information content (AvgIpc) is 2.77. The van der Waals surface area contributed by atoms with Crippen LogP contribution < -0.4 is 5.32 Å². The summed E-state index contributed by atoms with van der Waals surface area (Å²) < 4.78 is 29.0. The zero-order valence-electron chi connectivity index (χ0n) is 12.3. The standard InChI is InChI=1S/C13H27N3O2S/c1-11-7-12(2)10-15(9-11)19(17,18)16-6-4-5-13(16)8-14-3/h11-14H,4-10H2,1-3H3. The minimum Gasteiger partial charge on any atom is -0.318 e. The van der Waals surface area contributed by atoms with Crippen molar-refractivity contribution in [3.8, 4) is 0 Å². The summed E-state index contributed by atoms with van der Waals surface area (Å²) in [5, 5.41) is 3.11. The minimum absolute atomic E-state index is 0.127. The van der Waals surface area contributed by atoms with Crippen LogP contribution in [0.25, 0.3) is 0 Å². The zero-order valence-corrected chi connectivity index (χ0v) is 13.1. The average molecular weight is 289 g/mol. The first kappa shape index (κ1) is 15.2. The predicted octanol–water partition coefficient (Wildman–Crippen LogP) is 0.893. The first-order valence-corrected chi connectivity index (χ1v) is 8.76. The highest BCUT2D eigenvalue weighted by Gasteiger charge is 2.39. The van der Waals surface area contributed by atoms with E-state index in [1.165, 1.54) is 0 Å². The third-order valence-corrected chi connectivity index (χ3v) is 6.25. The lowest BCUT2D eigenvalue weighted by Crippen LogP contribution is -2.52. The molecule has 2 saturated heterocycles. The second kappa shape index (κ2) is 6.08. The Morgan fingerprint density at radius 1 is 1.21 bits per heavy atom. The van der Waals surface area contributed by atoms with Gasteiger partial charge in [0.1, 0.15) is 0 Å². The molecule has 5 nitrogen and oxygen atoms in total. The Morgan fingerprint density at radius 3 is 2.42 bits per heavy atom. The van der Waals surface area contributed by atoms with E-state index in [0.717, 1.165) is 25.8 Å². The summed E-state index contributed by atoms with van der Waals surface area (Å²) in [6, 6.07) is 0.127. The maximum absolute atomic E-state index is 12.8. The van der Waals surface area contributed by atoms with Gasteiger partial charge < -0.3 is 5.32 Å². The van der Waals surface area contributed by atoms with Crippen molar-refractivity contribution in [2.45, 2.75) is 39.2 Å². The Balaban J connectivity index is 2.12. The Kier molecular flexibility index (Phi) is 4.87. The quantitative estimate of drug-likeness (QED) is 0.836. The van der Waals surface area contributed by atoms with Gasteiger partial charge in [-0.05, 0) is 38.1 Å². The van der Waals surface area contributed by atoms with Gasteiger partial charge in [0.2, 0.25) is 0 Å². The molecular formula is C13H27N3O2S. The molecule has 1 N–H and O–H groups in total. The van der Waals surface area contributed by atoms with Crippen molar-refractivity contribution in [3.63, 3.8) is 0 Å². The van der Waals surface area contributed by atoms with Crippen molar-refractivity contribution in [3.05, 3.63) is 0 Å². The largest absolute Gasteiger partial charge is 0.318 e. The van der Waals surface area contributed by atoms with Gasteiger partial charge in [-0.2, -0.15) is 17.0 Å². The van der Waals surface area contributed by atoms with E-state index in [9.17, 15) is 8.42 Å². The summed E-state index contributed by atoms with van der Waals surface area (Å²) in [4.78, 5) is 0. The van der Waals surface area contributed by atoms with E-state index in [1.54, 1.807) is 8.61 Å². The molecule has 0 aromatic heterocycles. The van der Waals surface area contributed by atoms with Gasteiger partial charge in [0.15, 0.2) is 0 Å². The molecule has 0 spiro atoms. The number of piperidine rings is 1. The summed E-state index contributed by atoms with van der Waals surface area (Å²) >= 11 is 0. The third kappa shape index (κ3) is 3.29. The van der Waals surface area contributed by atoms with Crippen LogP contribution in [0.3, 0.4) is 0 Å². The van der Waals surface area contributed by atoms with Crippen molar-refractivity contribution in [1.82, 2.24) is 13.9 Å². The van der Waals surface area contributed by atoms with Gasteiger partial charge in [-0.1, -0.05) is 13.8 Å². The summed E-state index contributed by atoms with van der Waals surface area (Å²) in [7, 11) is -1.39. The normalized spacial score (nSPS) is 34.8. The molecule has 0 aromatic carbocycles. The van der Waals surface area contributed by atoms with Crippen molar-refractivity contribution in [2.24, 2.45) is 11.8 Å². The van der Waals surface area contributed by atoms with E-state index in [1.807, 2.05) is 7.05 Å². The van der Waals surface area contributed by atoms with Crippen molar-refractivity contribution >= 4 is 10.2 Å². The molecule has 2 aliphatic rings. The van der Waals surface area contributed by atoms with Gasteiger partial charge >= 0.3 is 0 Å². The van der Waals surface area contributed by atoms with Crippen LogP contribution in [0.1, 0.15) is 33.1 Å². The molecule has 0 amide bonds. The highest BCUT2D eigenvalue weighted by atomic mass is 32.2. The highest BCUT2D eigenvalue weighted by Crippen LogP contribution is 2.28. The Morgan fingerprint density at radius 2 is 1.84 bits per heavy atom. The molecule has 2 aliphatic heterocycles. The van der Waals surface area contributed by atoms with Crippen LogP contribution in [0, 0.1) is 11.8 Å². The lowest BCUT2D eigenvalue weighted by Gasteiger charge is -2.37. The molecule has 112 valence electrons. The van der Waals surface area contributed by atoms with E-state index in [-0.39, 0.29) is 6.04 Å². The molecule has 19 heavy (non-hydrogen) atoms. The number of rotatable bonds is 4. The first-order valence-electron chi connectivity index (χ1n) is 7.36. The van der Waals surface area contributed by atoms with E-state index in [0.29, 0.717) is 31.5 Å². The maximum Gasteiger partial charge on any atom is 0.282 e. The molecule has 0 aromatic rings. The Hall–Kier alpha value is -0.170. The fraction of sp³-hybridized carbons (Fsp3) is 1.00. The first-order chi connectivity index (χ1) is 8.95. The van der Waals surface area contributed by atoms with E-state index >= 15 is 0 Å². The summed E-state index contributed by atoms with van der Waals surface area (Å²) in [5.41, 5.74) is 0.